The van der Waals surface area contributed by atoms with Crippen LogP contribution in [0.3, 0.4) is 0 Å². The van der Waals surface area contributed by atoms with Gasteiger partial charge in [0.2, 0.25) is 0 Å². The van der Waals surface area contributed by atoms with Crippen LogP contribution >= 0.6 is 11.3 Å². The highest BCUT2D eigenvalue weighted by Gasteiger charge is 2.34. The third-order valence-corrected chi connectivity index (χ3v) is 7.37. The highest BCUT2D eigenvalue weighted by atomic mass is 32.1. The molecular weight excluding hydrogens is 523 g/mol. The Morgan fingerprint density at radius 1 is 1.08 bits per heavy atom. The van der Waals surface area contributed by atoms with Gasteiger partial charge in [0.05, 0.1) is 5.69 Å². The molecule has 1 saturated carbocycles. The van der Waals surface area contributed by atoms with Crippen LogP contribution < -0.4 is 19.7 Å². The fourth-order valence-corrected chi connectivity index (χ4v) is 5.11. The van der Waals surface area contributed by atoms with Crippen molar-refractivity contribution < 1.29 is 32.2 Å². The average molecular weight is 548 g/mol. The minimum atomic E-state index is -4.99. The number of ketones is 1. The predicted octanol–water partition coefficient (Wildman–Crippen LogP) is 5.11. The van der Waals surface area contributed by atoms with Crippen LogP contribution in [-0.4, -0.2) is 52.2 Å². The molecular formula is C25H24F3N5O4S. The van der Waals surface area contributed by atoms with Crippen molar-refractivity contribution in [2.75, 3.05) is 23.3 Å². The summed E-state index contributed by atoms with van der Waals surface area (Å²) in [5.74, 6) is -1.74. The number of piperidine rings is 1. The second kappa shape index (κ2) is 10.9. The highest BCUT2D eigenvalue weighted by molar-refractivity contribution is 7.14. The summed E-state index contributed by atoms with van der Waals surface area (Å²) in [6, 6.07) is 5.72. The summed E-state index contributed by atoms with van der Waals surface area (Å²) in [6.07, 6.45) is 1.96. The van der Waals surface area contributed by atoms with E-state index < -0.39 is 18.0 Å². The van der Waals surface area contributed by atoms with Gasteiger partial charge in [-0.15, -0.1) is 24.5 Å². The summed E-state index contributed by atoms with van der Waals surface area (Å²) < 4.78 is 49.1. The summed E-state index contributed by atoms with van der Waals surface area (Å²) >= 11 is 1.27. The van der Waals surface area contributed by atoms with Gasteiger partial charge in [-0.2, -0.15) is 0 Å². The quantitative estimate of drug-likeness (QED) is 0.388. The molecule has 0 spiro atoms. The molecule has 3 heterocycles. The number of rotatable bonds is 8. The first-order valence-corrected chi connectivity index (χ1v) is 13.0. The van der Waals surface area contributed by atoms with E-state index in [2.05, 4.69) is 25.0 Å². The van der Waals surface area contributed by atoms with Gasteiger partial charge in [-0.3, -0.25) is 9.59 Å². The number of aromatic nitrogens is 3. The number of hydrogen-bond acceptors (Lipinski definition) is 9. The van der Waals surface area contributed by atoms with E-state index in [1.165, 1.54) is 23.5 Å². The van der Waals surface area contributed by atoms with Gasteiger partial charge in [0.25, 0.3) is 5.91 Å². The summed E-state index contributed by atoms with van der Waals surface area (Å²) in [6.45, 7) is 1.29. The normalized spacial score (nSPS) is 16.6. The van der Waals surface area contributed by atoms with Gasteiger partial charge in [-0.05, 0) is 37.1 Å². The number of benzene rings is 1. The SMILES string of the molecule is O=C(Nc1ccc(C(=O)C2CCC2)cc1OC(F)(F)F)c1csc(N2CCC(Oc3ncccn3)CC2)n1. The molecule has 1 saturated heterocycles. The molecule has 38 heavy (non-hydrogen) atoms. The topological polar surface area (TPSA) is 107 Å². The number of halogens is 3. The molecule has 5 rings (SSSR count). The Balaban J connectivity index is 1.23. The molecule has 0 bridgehead atoms. The molecule has 2 aromatic heterocycles. The summed E-state index contributed by atoms with van der Waals surface area (Å²) in [5.41, 5.74) is -0.0177. The molecule has 9 nitrogen and oxygen atoms in total. The molecule has 0 radical (unpaired) electrons. The minimum Gasteiger partial charge on any atom is -0.460 e. The molecule has 1 aromatic carbocycles. The number of nitrogens with zero attached hydrogens (tertiary/aromatic N) is 4. The molecule has 0 atom stereocenters. The summed E-state index contributed by atoms with van der Waals surface area (Å²) in [4.78, 5) is 39.9. The van der Waals surface area contributed by atoms with E-state index in [1.54, 1.807) is 23.8 Å². The van der Waals surface area contributed by atoms with Crippen molar-refractivity contribution in [3.63, 3.8) is 0 Å². The van der Waals surface area contributed by atoms with Crippen LogP contribution in [0.15, 0.2) is 42.0 Å². The van der Waals surface area contributed by atoms with E-state index in [1.807, 2.05) is 4.90 Å². The Morgan fingerprint density at radius 3 is 2.47 bits per heavy atom. The molecule has 0 unspecified atom stereocenters. The molecule has 3 aromatic rings. The van der Waals surface area contributed by atoms with Crippen LogP contribution in [0.2, 0.25) is 0 Å². The molecule has 200 valence electrons. The molecule has 1 N–H and O–H groups in total. The second-order valence-corrected chi connectivity index (χ2v) is 9.89. The number of amides is 1. The smallest absolute Gasteiger partial charge is 0.460 e. The van der Waals surface area contributed by atoms with Crippen LogP contribution in [0.4, 0.5) is 24.0 Å². The lowest BCUT2D eigenvalue weighted by atomic mass is 9.80. The number of ether oxygens (including phenoxy) is 2. The van der Waals surface area contributed by atoms with Crippen molar-refractivity contribution in [3.05, 3.63) is 53.3 Å². The number of carbonyl (C=O) groups excluding carboxylic acids is 2. The number of carbonyl (C=O) groups is 2. The van der Waals surface area contributed by atoms with Gasteiger partial charge in [0.15, 0.2) is 16.7 Å². The van der Waals surface area contributed by atoms with Crippen molar-refractivity contribution in [1.29, 1.82) is 0 Å². The zero-order valence-electron chi connectivity index (χ0n) is 20.1. The number of nitrogens with one attached hydrogen (secondary N) is 1. The van der Waals surface area contributed by atoms with Gasteiger partial charge >= 0.3 is 12.4 Å². The van der Waals surface area contributed by atoms with Gasteiger partial charge in [0, 0.05) is 55.2 Å². The van der Waals surface area contributed by atoms with Crippen LogP contribution in [0.5, 0.6) is 11.8 Å². The molecule has 1 aliphatic carbocycles. The predicted molar refractivity (Wildman–Crippen MR) is 133 cm³/mol. The fourth-order valence-electron chi connectivity index (χ4n) is 4.25. The van der Waals surface area contributed by atoms with Crippen molar-refractivity contribution in [1.82, 2.24) is 15.0 Å². The van der Waals surface area contributed by atoms with Crippen LogP contribution in [0.1, 0.15) is 53.0 Å². The maximum Gasteiger partial charge on any atom is 0.573 e. The lowest BCUT2D eigenvalue weighted by molar-refractivity contribution is -0.274. The van der Waals surface area contributed by atoms with E-state index >= 15 is 0 Å². The minimum absolute atomic E-state index is 0.0393. The van der Waals surface area contributed by atoms with E-state index in [0.717, 1.165) is 12.5 Å². The Bertz CT molecular complexity index is 1290. The van der Waals surface area contributed by atoms with Gasteiger partial charge in [0.1, 0.15) is 11.8 Å². The second-order valence-electron chi connectivity index (χ2n) is 9.06. The summed E-state index contributed by atoms with van der Waals surface area (Å²) in [5, 5.41) is 4.61. The Kier molecular flexibility index (Phi) is 7.45. The van der Waals surface area contributed by atoms with Crippen LogP contribution in [0, 0.1) is 5.92 Å². The zero-order valence-corrected chi connectivity index (χ0v) is 20.9. The Hall–Kier alpha value is -3.74. The highest BCUT2D eigenvalue weighted by Crippen LogP contribution is 2.35. The van der Waals surface area contributed by atoms with E-state index in [0.29, 0.717) is 49.9 Å². The lowest BCUT2D eigenvalue weighted by Crippen LogP contribution is -2.38. The number of anilines is 2. The maximum absolute atomic E-state index is 13.1. The van der Waals surface area contributed by atoms with Crippen molar-refractivity contribution >= 4 is 33.8 Å². The van der Waals surface area contributed by atoms with Crippen LogP contribution in [0.25, 0.3) is 0 Å². The molecule has 1 aliphatic heterocycles. The van der Waals surface area contributed by atoms with Gasteiger partial charge < -0.3 is 19.7 Å². The van der Waals surface area contributed by atoms with E-state index in [4.69, 9.17) is 4.74 Å². The van der Waals surface area contributed by atoms with Crippen LogP contribution in [-0.2, 0) is 0 Å². The van der Waals surface area contributed by atoms with Crippen molar-refractivity contribution in [2.24, 2.45) is 5.92 Å². The first kappa shape index (κ1) is 25.9. The number of alkyl halides is 3. The maximum atomic E-state index is 13.1. The van der Waals surface area contributed by atoms with E-state index in [9.17, 15) is 22.8 Å². The first-order chi connectivity index (χ1) is 18.2. The number of hydrogen-bond donors (Lipinski definition) is 1. The van der Waals surface area contributed by atoms with Crippen molar-refractivity contribution in [3.8, 4) is 11.8 Å². The monoisotopic (exact) mass is 547 g/mol. The third kappa shape index (κ3) is 6.21. The Labute approximate surface area is 220 Å². The van der Waals surface area contributed by atoms with E-state index in [-0.39, 0.29) is 34.7 Å². The number of thiazole rings is 1. The Morgan fingerprint density at radius 2 is 1.82 bits per heavy atom. The average Bonchev–Trinajstić information content (AvgIpc) is 3.35. The first-order valence-electron chi connectivity index (χ1n) is 12.1. The molecule has 2 aliphatic rings. The summed E-state index contributed by atoms with van der Waals surface area (Å²) in [7, 11) is 0. The largest absolute Gasteiger partial charge is 0.573 e. The molecule has 13 heteroatoms. The van der Waals surface area contributed by atoms with Gasteiger partial charge in [-0.1, -0.05) is 6.42 Å². The van der Waals surface area contributed by atoms with Gasteiger partial charge in [-0.25, -0.2) is 15.0 Å². The zero-order chi connectivity index (χ0) is 26.7. The lowest BCUT2D eigenvalue weighted by Gasteiger charge is -2.31. The standard InChI is InChI=1S/C25H24F3N5O4S/c26-25(27,28)37-20-13-16(21(34)15-3-1-4-15)5-6-18(20)31-22(35)19-14-38-24(32-19)33-11-7-17(8-12-33)36-23-29-9-2-10-30-23/h2,5-6,9-10,13-15,17H,1,3-4,7-8,11-12H2,(H,31,35). The fraction of sp³-hybridized carbons (Fsp3) is 0.400. The third-order valence-electron chi connectivity index (χ3n) is 6.47. The molecule has 2 fully saturated rings. The van der Waals surface area contributed by atoms with Crippen molar-refractivity contribution in [2.45, 2.75) is 44.6 Å². The molecule has 1 amide bonds. The number of Topliss-reactive ketones (excluding diaryl/α,β-unsaturated/α-hetero) is 1.